The zero-order valence-electron chi connectivity index (χ0n) is 9.29. The third-order valence-electron chi connectivity index (χ3n) is 2.33. The Bertz CT molecular complexity index is 300. The molecule has 0 heterocycles. The number of nitrogens with one attached hydrogen (secondary N) is 1. The molecule has 15 heavy (non-hydrogen) atoms. The molecular formula is C12H20N2O. The number of aliphatic hydroxyl groups excluding tert-OH is 1. The Morgan fingerprint density at radius 3 is 2.87 bits per heavy atom. The first-order valence-electron chi connectivity index (χ1n) is 5.51. The van der Waals surface area contributed by atoms with Crippen LogP contribution in [-0.2, 0) is 6.42 Å². The Morgan fingerprint density at radius 1 is 1.40 bits per heavy atom. The van der Waals surface area contributed by atoms with Gasteiger partial charge in [0.15, 0.2) is 0 Å². The van der Waals surface area contributed by atoms with Gasteiger partial charge < -0.3 is 16.2 Å². The van der Waals surface area contributed by atoms with E-state index in [0.29, 0.717) is 0 Å². The quantitative estimate of drug-likeness (QED) is 0.495. The van der Waals surface area contributed by atoms with Gasteiger partial charge in [-0.15, -0.1) is 0 Å². The van der Waals surface area contributed by atoms with E-state index >= 15 is 0 Å². The topological polar surface area (TPSA) is 58.3 Å². The van der Waals surface area contributed by atoms with E-state index in [0.717, 1.165) is 37.2 Å². The number of aliphatic hydroxyl groups is 1. The maximum Gasteiger partial charge on any atom is 0.0447 e. The molecule has 0 saturated carbocycles. The fourth-order valence-electron chi connectivity index (χ4n) is 1.51. The molecule has 0 radical (unpaired) electrons. The van der Waals surface area contributed by atoms with Gasteiger partial charge >= 0.3 is 0 Å². The van der Waals surface area contributed by atoms with Crippen LogP contribution in [0.15, 0.2) is 18.2 Å². The summed E-state index contributed by atoms with van der Waals surface area (Å²) in [5, 5.41) is 11.9. The molecule has 0 saturated heterocycles. The number of hydrogen-bond donors (Lipinski definition) is 3. The molecule has 0 aromatic heterocycles. The lowest BCUT2D eigenvalue weighted by Crippen LogP contribution is -2.04. The first-order chi connectivity index (χ1) is 7.27. The van der Waals surface area contributed by atoms with E-state index in [1.807, 2.05) is 12.1 Å². The van der Waals surface area contributed by atoms with Gasteiger partial charge in [-0.05, 0) is 36.6 Å². The molecule has 1 aromatic carbocycles. The van der Waals surface area contributed by atoms with Gasteiger partial charge in [0, 0.05) is 24.5 Å². The summed E-state index contributed by atoms with van der Waals surface area (Å²) in [4.78, 5) is 0. The number of nitrogens with two attached hydrogens (primary N) is 1. The minimum Gasteiger partial charge on any atom is -0.399 e. The molecule has 0 atom stereocenters. The Balaban J connectivity index is 2.61. The second-order valence-electron chi connectivity index (χ2n) is 3.67. The van der Waals surface area contributed by atoms with Crippen molar-refractivity contribution < 1.29 is 5.11 Å². The molecule has 84 valence electrons. The summed E-state index contributed by atoms with van der Waals surface area (Å²) >= 11 is 0. The molecule has 3 heteroatoms. The van der Waals surface area contributed by atoms with Gasteiger partial charge in [-0.25, -0.2) is 0 Å². The Morgan fingerprint density at radius 2 is 2.20 bits per heavy atom. The zero-order valence-corrected chi connectivity index (χ0v) is 9.29. The summed E-state index contributed by atoms with van der Waals surface area (Å²) in [7, 11) is 0. The summed E-state index contributed by atoms with van der Waals surface area (Å²) in [6.45, 7) is 3.17. The van der Waals surface area contributed by atoms with E-state index in [9.17, 15) is 0 Å². The highest BCUT2D eigenvalue weighted by Crippen LogP contribution is 2.19. The van der Waals surface area contributed by atoms with Crippen LogP contribution in [0.25, 0.3) is 0 Å². The Labute approximate surface area is 91.3 Å². The molecule has 1 aromatic rings. The SMILES string of the molecule is CCCc1cc(NCCCO)ccc1N. The second-order valence-corrected chi connectivity index (χ2v) is 3.67. The Hall–Kier alpha value is -1.22. The van der Waals surface area contributed by atoms with Gasteiger partial charge in [0.1, 0.15) is 0 Å². The molecule has 0 aliphatic rings. The average molecular weight is 208 g/mol. The van der Waals surface area contributed by atoms with Crippen LogP contribution in [0.2, 0.25) is 0 Å². The van der Waals surface area contributed by atoms with Crippen LogP contribution in [0.4, 0.5) is 11.4 Å². The minimum atomic E-state index is 0.226. The van der Waals surface area contributed by atoms with Gasteiger partial charge in [0.25, 0.3) is 0 Å². The fourth-order valence-corrected chi connectivity index (χ4v) is 1.51. The maximum atomic E-state index is 8.67. The van der Waals surface area contributed by atoms with Crippen LogP contribution < -0.4 is 11.1 Å². The van der Waals surface area contributed by atoms with Crippen LogP contribution in [0, 0.1) is 0 Å². The normalized spacial score (nSPS) is 10.3. The zero-order chi connectivity index (χ0) is 11.1. The lowest BCUT2D eigenvalue weighted by molar-refractivity contribution is 0.292. The summed E-state index contributed by atoms with van der Waals surface area (Å²) in [6, 6.07) is 6.01. The molecule has 0 aliphatic carbocycles. The van der Waals surface area contributed by atoms with E-state index < -0.39 is 0 Å². The van der Waals surface area contributed by atoms with Crippen molar-refractivity contribution in [3.63, 3.8) is 0 Å². The first kappa shape index (κ1) is 11.9. The van der Waals surface area contributed by atoms with Crippen molar-refractivity contribution in [1.82, 2.24) is 0 Å². The summed E-state index contributed by atoms with van der Waals surface area (Å²) in [6.07, 6.45) is 2.89. The van der Waals surface area contributed by atoms with Gasteiger partial charge in [0.2, 0.25) is 0 Å². The van der Waals surface area contributed by atoms with E-state index in [-0.39, 0.29) is 6.61 Å². The second kappa shape index (κ2) is 6.30. The van der Waals surface area contributed by atoms with Gasteiger partial charge in [-0.3, -0.25) is 0 Å². The van der Waals surface area contributed by atoms with Crippen LogP contribution in [0.1, 0.15) is 25.3 Å². The van der Waals surface area contributed by atoms with Crippen molar-refractivity contribution in [1.29, 1.82) is 0 Å². The molecule has 0 fully saturated rings. The molecule has 0 aliphatic heterocycles. The summed E-state index contributed by atoms with van der Waals surface area (Å²) < 4.78 is 0. The summed E-state index contributed by atoms with van der Waals surface area (Å²) in [5.41, 5.74) is 9.01. The van der Waals surface area contributed by atoms with Crippen LogP contribution in [-0.4, -0.2) is 18.3 Å². The highest BCUT2D eigenvalue weighted by Gasteiger charge is 1.99. The Kier molecular flexibility index (Phi) is 4.98. The summed E-state index contributed by atoms with van der Waals surface area (Å²) in [5.74, 6) is 0. The maximum absolute atomic E-state index is 8.67. The molecule has 0 unspecified atom stereocenters. The predicted molar refractivity (Wildman–Crippen MR) is 65.0 cm³/mol. The standard InChI is InChI=1S/C12H20N2O/c1-2-4-10-9-11(5-6-12(10)13)14-7-3-8-15/h5-6,9,14-15H,2-4,7-8,13H2,1H3. The molecule has 4 N–H and O–H groups in total. The number of anilines is 2. The first-order valence-corrected chi connectivity index (χ1v) is 5.51. The van der Waals surface area contributed by atoms with E-state index in [1.165, 1.54) is 5.56 Å². The number of aryl methyl sites for hydroxylation is 1. The molecule has 0 amide bonds. The molecule has 1 rings (SSSR count). The number of rotatable bonds is 6. The fraction of sp³-hybridized carbons (Fsp3) is 0.500. The third kappa shape index (κ3) is 3.80. The smallest absolute Gasteiger partial charge is 0.0447 e. The van der Waals surface area contributed by atoms with Gasteiger partial charge in [-0.2, -0.15) is 0 Å². The highest BCUT2D eigenvalue weighted by molar-refractivity contribution is 5.57. The third-order valence-corrected chi connectivity index (χ3v) is 2.33. The number of benzene rings is 1. The van der Waals surface area contributed by atoms with Crippen molar-refractivity contribution in [3.05, 3.63) is 23.8 Å². The van der Waals surface area contributed by atoms with Crippen LogP contribution in [0.3, 0.4) is 0 Å². The average Bonchev–Trinajstić information content (AvgIpc) is 2.23. The van der Waals surface area contributed by atoms with Crippen molar-refractivity contribution in [2.75, 3.05) is 24.2 Å². The van der Waals surface area contributed by atoms with Crippen molar-refractivity contribution >= 4 is 11.4 Å². The van der Waals surface area contributed by atoms with Crippen LogP contribution in [0.5, 0.6) is 0 Å². The minimum absolute atomic E-state index is 0.226. The van der Waals surface area contributed by atoms with E-state index in [2.05, 4.69) is 18.3 Å². The van der Waals surface area contributed by atoms with Gasteiger partial charge in [-0.1, -0.05) is 13.3 Å². The highest BCUT2D eigenvalue weighted by atomic mass is 16.3. The predicted octanol–water partition coefficient (Wildman–Crippen LogP) is 2.02. The molecule has 0 bridgehead atoms. The van der Waals surface area contributed by atoms with E-state index in [4.69, 9.17) is 10.8 Å². The van der Waals surface area contributed by atoms with E-state index in [1.54, 1.807) is 0 Å². The largest absolute Gasteiger partial charge is 0.399 e. The lowest BCUT2D eigenvalue weighted by Gasteiger charge is -2.09. The lowest BCUT2D eigenvalue weighted by atomic mass is 10.1. The van der Waals surface area contributed by atoms with Crippen molar-refractivity contribution in [2.45, 2.75) is 26.2 Å². The molecule has 3 nitrogen and oxygen atoms in total. The number of hydrogen-bond acceptors (Lipinski definition) is 3. The molecule has 0 spiro atoms. The molecular weight excluding hydrogens is 188 g/mol. The van der Waals surface area contributed by atoms with Crippen molar-refractivity contribution in [2.24, 2.45) is 0 Å². The van der Waals surface area contributed by atoms with Crippen molar-refractivity contribution in [3.8, 4) is 0 Å². The number of nitrogen functional groups attached to an aromatic ring is 1. The van der Waals surface area contributed by atoms with Crippen LogP contribution >= 0.6 is 0 Å². The van der Waals surface area contributed by atoms with Gasteiger partial charge in [0.05, 0.1) is 0 Å². The monoisotopic (exact) mass is 208 g/mol.